The minimum atomic E-state index is -3.74. The molecule has 0 atom stereocenters. The lowest BCUT2D eigenvalue weighted by atomic mass is 10.1. The number of carbonyl (C=O) groups is 1. The first-order valence-corrected chi connectivity index (χ1v) is 12.6. The summed E-state index contributed by atoms with van der Waals surface area (Å²) in [6.07, 6.45) is 3.37. The van der Waals surface area contributed by atoms with Gasteiger partial charge in [-0.25, -0.2) is 8.42 Å². The van der Waals surface area contributed by atoms with E-state index in [1.165, 1.54) is 4.31 Å². The van der Waals surface area contributed by atoms with Gasteiger partial charge in [0, 0.05) is 56.5 Å². The number of carbonyl (C=O) groups excluding carboxylic acids is 1. The van der Waals surface area contributed by atoms with Crippen LogP contribution in [0.3, 0.4) is 0 Å². The molecule has 1 N–H and O–H groups in total. The largest absolute Gasteiger partial charge is 0.396 e. The van der Waals surface area contributed by atoms with Gasteiger partial charge in [0.1, 0.15) is 0 Å². The Bertz CT molecular complexity index is 1240. The third-order valence-electron chi connectivity index (χ3n) is 5.78. The molecule has 0 unspecified atom stereocenters. The smallest absolute Gasteiger partial charge is 0.253 e. The molecule has 0 spiro atoms. The van der Waals surface area contributed by atoms with Crippen LogP contribution in [0.5, 0.6) is 0 Å². The monoisotopic (exact) mass is 477 g/mol. The molecular formula is C26H27N3O4S. The summed E-state index contributed by atoms with van der Waals surface area (Å²) < 4.78 is 27.9. The minimum Gasteiger partial charge on any atom is -0.396 e. The molecule has 0 saturated carbocycles. The van der Waals surface area contributed by atoms with Gasteiger partial charge in [-0.3, -0.25) is 9.78 Å². The van der Waals surface area contributed by atoms with Crippen molar-refractivity contribution < 1.29 is 18.3 Å². The Kier molecular flexibility index (Phi) is 7.52. The maximum atomic E-state index is 13.2. The van der Waals surface area contributed by atoms with Crippen LogP contribution in [-0.4, -0.2) is 66.4 Å². The van der Waals surface area contributed by atoms with E-state index in [0.717, 1.165) is 16.8 Å². The third kappa shape index (κ3) is 5.41. The molecule has 1 fully saturated rings. The number of rotatable bonds is 7. The lowest BCUT2D eigenvalue weighted by Crippen LogP contribution is -2.50. The molecule has 1 aliphatic heterocycles. The molecule has 0 aliphatic carbocycles. The fourth-order valence-electron chi connectivity index (χ4n) is 3.92. The van der Waals surface area contributed by atoms with Crippen LogP contribution in [0, 0.1) is 0 Å². The number of aliphatic hydroxyl groups is 1. The van der Waals surface area contributed by atoms with Crippen molar-refractivity contribution in [2.24, 2.45) is 0 Å². The molecular weight excluding hydrogens is 450 g/mol. The zero-order valence-corrected chi connectivity index (χ0v) is 19.6. The zero-order valence-electron chi connectivity index (χ0n) is 18.7. The van der Waals surface area contributed by atoms with E-state index in [-0.39, 0.29) is 36.9 Å². The maximum absolute atomic E-state index is 13.2. The molecule has 1 aliphatic rings. The summed E-state index contributed by atoms with van der Waals surface area (Å²) in [7, 11) is -3.74. The number of aromatic nitrogens is 1. The van der Waals surface area contributed by atoms with Gasteiger partial charge in [0.05, 0.1) is 10.6 Å². The van der Waals surface area contributed by atoms with Crippen molar-refractivity contribution in [2.45, 2.75) is 6.42 Å². The minimum absolute atomic E-state index is 0.0407. The van der Waals surface area contributed by atoms with E-state index < -0.39 is 10.0 Å². The highest BCUT2D eigenvalue weighted by Crippen LogP contribution is 2.23. The van der Waals surface area contributed by atoms with Crippen molar-refractivity contribution in [3.63, 3.8) is 0 Å². The summed E-state index contributed by atoms with van der Waals surface area (Å²) >= 11 is 0. The van der Waals surface area contributed by atoms with E-state index in [0.29, 0.717) is 18.7 Å². The summed E-state index contributed by atoms with van der Waals surface area (Å²) in [5, 5.41) is 9.43. The first-order valence-electron chi connectivity index (χ1n) is 11.2. The zero-order chi connectivity index (χ0) is 24.0. The molecule has 0 bridgehead atoms. The van der Waals surface area contributed by atoms with E-state index in [2.05, 4.69) is 4.98 Å². The molecule has 1 saturated heterocycles. The molecule has 2 heterocycles. The number of piperazine rings is 1. The Morgan fingerprint density at radius 1 is 0.912 bits per heavy atom. The highest BCUT2D eigenvalue weighted by atomic mass is 32.2. The first-order chi connectivity index (χ1) is 16.5. The van der Waals surface area contributed by atoms with Crippen LogP contribution in [0.4, 0.5) is 0 Å². The van der Waals surface area contributed by atoms with Gasteiger partial charge in [0.2, 0.25) is 10.0 Å². The van der Waals surface area contributed by atoms with Crippen LogP contribution in [0.2, 0.25) is 0 Å². The lowest BCUT2D eigenvalue weighted by Gasteiger charge is -2.34. The normalized spacial score (nSPS) is 15.3. The lowest BCUT2D eigenvalue weighted by molar-refractivity contribution is 0.0698. The second kappa shape index (κ2) is 10.7. The number of amides is 1. The maximum Gasteiger partial charge on any atom is 0.253 e. The summed E-state index contributed by atoms with van der Waals surface area (Å²) in [6, 6.07) is 22.1. The van der Waals surface area contributed by atoms with Gasteiger partial charge in [-0.1, -0.05) is 48.5 Å². The molecule has 1 amide bonds. The summed E-state index contributed by atoms with van der Waals surface area (Å²) in [5.41, 5.74) is 3.08. The van der Waals surface area contributed by atoms with Gasteiger partial charge in [0.25, 0.3) is 5.91 Å². The average Bonchev–Trinajstić information content (AvgIpc) is 2.89. The van der Waals surface area contributed by atoms with Crippen molar-refractivity contribution in [1.29, 1.82) is 0 Å². The van der Waals surface area contributed by atoms with Crippen LogP contribution >= 0.6 is 0 Å². The Labute approximate surface area is 200 Å². The summed E-state index contributed by atoms with van der Waals surface area (Å²) in [5.74, 6) is -0.125. The van der Waals surface area contributed by atoms with Gasteiger partial charge in [-0.15, -0.1) is 0 Å². The van der Waals surface area contributed by atoms with E-state index in [9.17, 15) is 18.3 Å². The third-order valence-corrected chi connectivity index (χ3v) is 7.80. The molecule has 3 aromatic rings. The van der Waals surface area contributed by atoms with Gasteiger partial charge in [-0.05, 0) is 35.9 Å². The van der Waals surface area contributed by atoms with Crippen molar-refractivity contribution in [3.05, 3.63) is 95.0 Å². The number of aliphatic hydroxyl groups excluding tert-OH is 1. The summed E-state index contributed by atoms with van der Waals surface area (Å²) in [4.78, 5) is 19.1. The van der Waals surface area contributed by atoms with Crippen molar-refractivity contribution in [3.8, 4) is 11.3 Å². The molecule has 7 nitrogen and oxygen atoms in total. The molecule has 2 aromatic carbocycles. The van der Waals surface area contributed by atoms with Gasteiger partial charge < -0.3 is 10.0 Å². The molecule has 34 heavy (non-hydrogen) atoms. The van der Waals surface area contributed by atoms with Gasteiger partial charge in [-0.2, -0.15) is 4.31 Å². The Morgan fingerprint density at radius 3 is 2.21 bits per heavy atom. The van der Waals surface area contributed by atoms with E-state index in [1.807, 2.05) is 60.7 Å². The van der Waals surface area contributed by atoms with Crippen molar-refractivity contribution in [2.75, 3.05) is 32.8 Å². The highest BCUT2D eigenvalue weighted by molar-refractivity contribution is 7.93. The van der Waals surface area contributed by atoms with Crippen LogP contribution < -0.4 is 0 Å². The standard InChI is InChI=1S/C26H27N3O4S/c30-19-13-24(20-21-6-2-1-3-7-21)34(32,33)29-17-15-28(16-18-29)26(31)23-11-9-22(10-12-23)25-8-4-5-14-27-25/h1-12,14,20,30H,13,15-19H2. The van der Waals surface area contributed by atoms with E-state index in [1.54, 1.807) is 29.3 Å². The Hall–Kier alpha value is -3.33. The Balaban J connectivity index is 1.42. The second-order valence-corrected chi connectivity index (χ2v) is 9.97. The number of pyridine rings is 1. The average molecular weight is 478 g/mol. The van der Waals surface area contributed by atoms with Crippen LogP contribution in [0.1, 0.15) is 22.3 Å². The van der Waals surface area contributed by atoms with Crippen LogP contribution in [0.15, 0.2) is 83.9 Å². The fraction of sp³-hybridized carbons (Fsp3) is 0.231. The van der Waals surface area contributed by atoms with Crippen molar-refractivity contribution >= 4 is 22.0 Å². The van der Waals surface area contributed by atoms with Gasteiger partial charge in [0.15, 0.2) is 0 Å². The Morgan fingerprint density at radius 2 is 1.59 bits per heavy atom. The fourth-order valence-corrected chi connectivity index (χ4v) is 5.53. The molecule has 4 rings (SSSR count). The molecule has 0 radical (unpaired) electrons. The number of benzene rings is 2. The molecule has 8 heteroatoms. The number of sulfonamides is 1. The topological polar surface area (TPSA) is 90.8 Å². The number of hydrogen-bond acceptors (Lipinski definition) is 5. The molecule has 1 aromatic heterocycles. The van der Waals surface area contributed by atoms with Crippen molar-refractivity contribution in [1.82, 2.24) is 14.2 Å². The van der Waals surface area contributed by atoms with Gasteiger partial charge >= 0.3 is 0 Å². The quantitative estimate of drug-likeness (QED) is 0.564. The van der Waals surface area contributed by atoms with Crippen LogP contribution in [0.25, 0.3) is 17.3 Å². The molecule has 176 valence electrons. The predicted molar refractivity (Wildman–Crippen MR) is 132 cm³/mol. The van der Waals surface area contributed by atoms with E-state index >= 15 is 0 Å². The SMILES string of the molecule is O=C(c1ccc(-c2ccccn2)cc1)N1CCN(S(=O)(=O)C(=Cc2ccccc2)CCO)CC1. The number of nitrogens with zero attached hydrogens (tertiary/aromatic N) is 3. The highest BCUT2D eigenvalue weighted by Gasteiger charge is 2.31. The van der Waals surface area contributed by atoms with Crippen LogP contribution in [-0.2, 0) is 10.0 Å². The summed E-state index contributed by atoms with van der Waals surface area (Å²) in [6.45, 7) is 0.760. The number of hydrogen-bond donors (Lipinski definition) is 1. The predicted octanol–water partition coefficient (Wildman–Crippen LogP) is 3.26. The first kappa shape index (κ1) is 23.8. The van der Waals surface area contributed by atoms with E-state index in [4.69, 9.17) is 0 Å². The second-order valence-electron chi connectivity index (χ2n) is 7.98.